The molecule has 2 saturated heterocycles. The molecule has 1 atom stereocenters. The van der Waals surface area contributed by atoms with Crippen LogP contribution in [0, 0.1) is 11.3 Å². The van der Waals surface area contributed by atoms with Gasteiger partial charge in [-0.05, 0) is 18.3 Å². The van der Waals surface area contributed by atoms with Gasteiger partial charge in [0.1, 0.15) is 0 Å². The molecule has 7 nitrogen and oxygen atoms in total. The number of hydrogen-bond acceptors (Lipinski definition) is 4. The lowest BCUT2D eigenvalue weighted by molar-refractivity contribution is -0.140. The Balaban J connectivity index is 0.00000364. The number of likely N-dealkylation sites (tertiary alicyclic amines) is 1. The number of halogens is 1. The molecule has 0 saturated carbocycles. The van der Waals surface area contributed by atoms with Crippen LogP contribution in [0.3, 0.4) is 0 Å². The number of carbonyl (C=O) groups excluding carboxylic acids is 1. The summed E-state index contributed by atoms with van der Waals surface area (Å²) in [6.07, 6.45) is 1.87. The van der Waals surface area contributed by atoms with Gasteiger partial charge in [-0.25, -0.2) is 0 Å². The Labute approximate surface area is 181 Å². The quantitative estimate of drug-likeness (QED) is 0.366. The molecular formula is C19H37IN4O3. The van der Waals surface area contributed by atoms with Gasteiger partial charge in [0.2, 0.25) is 5.91 Å². The van der Waals surface area contributed by atoms with Gasteiger partial charge < -0.3 is 24.6 Å². The number of amides is 1. The Hall–Kier alpha value is -0.610. The van der Waals surface area contributed by atoms with Crippen LogP contribution in [0.15, 0.2) is 4.99 Å². The number of piperidine rings is 1. The summed E-state index contributed by atoms with van der Waals surface area (Å²) in [5, 5.41) is 3.44. The largest absolute Gasteiger partial charge is 0.379 e. The zero-order valence-electron chi connectivity index (χ0n) is 17.5. The van der Waals surface area contributed by atoms with Crippen molar-refractivity contribution in [2.45, 2.75) is 39.7 Å². The van der Waals surface area contributed by atoms with Gasteiger partial charge in [0, 0.05) is 52.8 Å². The van der Waals surface area contributed by atoms with Crippen molar-refractivity contribution in [3.63, 3.8) is 0 Å². The maximum absolute atomic E-state index is 12.7. The molecule has 0 aromatic carbocycles. The molecule has 1 amide bonds. The molecule has 0 aromatic rings. The molecule has 2 heterocycles. The fourth-order valence-electron chi connectivity index (χ4n) is 3.64. The van der Waals surface area contributed by atoms with Crippen LogP contribution in [0.5, 0.6) is 0 Å². The number of hydrogen-bond donors (Lipinski definition) is 1. The summed E-state index contributed by atoms with van der Waals surface area (Å²) < 4.78 is 11.0. The van der Waals surface area contributed by atoms with E-state index in [1.165, 1.54) is 0 Å². The number of nitrogens with zero attached hydrogens (tertiary/aromatic N) is 3. The molecule has 0 spiro atoms. The van der Waals surface area contributed by atoms with Gasteiger partial charge in [-0.2, -0.15) is 0 Å². The second kappa shape index (κ2) is 11.4. The van der Waals surface area contributed by atoms with Crippen molar-refractivity contribution in [1.82, 2.24) is 15.1 Å². The number of ether oxygens (including phenoxy) is 2. The summed E-state index contributed by atoms with van der Waals surface area (Å²) >= 11 is 0. The van der Waals surface area contributed by atoms with Crippen LogP contribution >= 0.6 is 24.0 Å². The maximum atomic E-state index is 12.7. The van der Waals surface area contributed by atoms with Crippen LogP contribution < -0.4 is 5.32 Å². The smallest absolute Gasteiger partial charge is 0.225 e. The number of nitrogens with one attached hydrogen (secondary N) is 1. The first-order valence-electron chi connectivity index (χ1n) is 9.71. The van der Waals surface area contributed by atoms with Gasteiger partial charge in [-0.15, -0.1) is 24.0 Å². The number of carbonyl (C=O) groups is 1. The average molecular weight is 496 g/mol. The van der Waals surface area contributed by atoms with Crippen LogP contribution in [0.25, 0.3) is 0 Å². The summed E-state index contributed by atoms with van der Waals surface area (Å²) in [5.41, 5.74) is 0.0676. The van der Waals surface area contributed by atoms with Crippen molar-refractivity contribution < 1.29 is 14.3 Å². The normalized spacial score (nSPS) is 20.9. The molecule has 1 unspecified atom stereocenters. The third-order valence-electron chi connectivity index (χ3n) is 5.37. The van der Waals surface area contributed by atoms with Crippen molar-refractivity contribution in [2.75, 3.05) is 60.1 Å². The van der Waals surface area contributed by atoms with E-state index in [9.17, 15) is 4.79 Å². The van der Waals surface area contributed by atoms with Crippen molar-refractivity contribution >= 4 is 35.8 Å². The molecule has 158 valence electrons. The van der Waals surface area contributed by atoms with E-state index in [2.05, 4.69) is 36.0 Å². The number of methoxy groups -OCH3 is 1. The molecule has 2 aliphatic rings. The highest BCUT2D eigenvalue weighted by Gasteiger charge is 2.31. The zero-order valence-corrected chi connectivity index (χ0v) is 19.8. The molecule has 2 aliphatic heterocycles. The summed E-state index contributed by atoms with van der Waals surface area (Å²) in [6, 6.07) is 0. The highest BCUT2D eigenvalue weighted by Crippen LogP contribution is 2.22. The lowest BCUT2D eigenvalue weighted by Gasteiger charge is -2.37. The van der Waals surface area contributed by atoms with E-state index < -0.39 is 0 Å². The highest BCUT2D eigenvalue weighted by atomic mass is 127. The van der Waals surface area contributed by atoms with Crippen LogP contribution in [-0.4, -0.2) is 87.9 Å². The van der Waals surface area contributed by atoms with E-state index in [-0.39, 0.29) is 41.4 Å². The van der Waals surface area contributed by atoms with E-state index in [4.69, 9.17) is 9.47 Å². The Morgan fingerprint density at radius 3 is 2.26 bits per heavy atom. The number of morpholine rings is 1. The Morgan fingerprint density at radius 1 is 1.19 bits per heavy atom. The van der Waals surface area contributed by atoms with Crippen LogP contribution in [0.4, 0.5) is 0 Å². The number of aliphatic imine (C=N–C) groups is 1. The van der Waals surface area contributed by atoms with Crippen molar-refractivity contribution in [2.24, 2.45) is 16.3 Å². The lowest BCUT2D eigenvalue weighted by atomic mass is 9.89. The third-order valence-corrected chi connectivity index (χ3v) is 5.37. The second-order valence-electron chi connectivity index (χ2n) is 8.22. The van der Waals surface area contributed by atoms with E-state index in [1.54, 1.807) is 7.11 Å². The molecule has 2 fully saturated rings. The van der Waals surface area contributed by atoms with E-state index >= 15 is 0 Å². The Morgan fingerprint density at radius 2 is 1.78 bits per heavy atom. The van der Waals surface area contributed by atoms with Crippen LogP contribution in [0.2, 0.25) is 0 Å². The molecule has 0 bridgehead atoms. The molecule has 2 rings (SSSR count). The lowest BCUT2D eigenvalue weighted by Crippen LogP contribution is -2.51. The minimum Gasteiger partial charge on any atom is -0.379 e. The SMILES string of the molecule is CN=C(NCC(OC)C(C)(C)C)N1CCC(C(=O)N2CCOCC2)CC1.I. The van der Waals surface area contributed by atoms with Crippen molar-refractivity contribution in [3.05, 3.63) is 0 Å². The van der Waals surface area contributed by atoms with Crippen LogP contribution in [0.1, 0.15) is 33.6 Å². The minimum atomic E-state index is 0. The minimum absolute atomic E-state index is 0. The van der Waals surface area contributed by atoms with Gasteiger partial charge in [0.05, 0.1) is 19.3 Å². The second-order valence-corrected chi connectivity index (χ2v) is 8.22. The first-order chi connectivity index (χ1) is 12.4. The average Bonchev–Trinajstić information content (AvgIpc) is 2.65. The molecular weight excluding hydrogens is 459 g/mol. The summed E-state index contributed by atoms with van der Waals surface area (Å²) in [6.45, 7) is 11.7. The van der Waals surface area contributed by atoms with Gasteiger partial charge in [-0.1, -0.05) is 20.8 Å². The van der Waals surface area contributed by atoms with E-state index in [0.29, 0.717) is 19.1 Å². The molecule has 0 aromatic heterocycles. The summed E-state index contributed by atoms with van der Waals surface area (Å²) in [7, 11) is 3.56. The highest BCUT2D eigenvalue weighted by molar-refractivity contribution is 14.0. The molecule has 0 radical (unpaired) electrons. The monoisotopic (exact) mass is 496 g/mol. The summed E-state index contributed by atoms with van der Waals surface area (Å²) in [5.74, 6) is 1.32. The first-order valence-corrected chi connectivity index (χ1v) is 9.71. The van der Waals surface area contributed by atoms with Gasteiger partial charge in [-0.3, -0.25) is 9.79 Å². The molecule has 27 heavy (non-hydrogen) atoms. The fourth-order valence-corrected chi connectivity index (χ4v) is 3.64. The zero-order chi connectivity index (χ0) is 19.2. The standard InChI is InChI=1S/C19H36N4O3.HI/c1-19(2,3)16(25-5)14-21-18(20-4)23-8-6-15(7-9-23)17(24)22-10-12-26-13-11-22;/h15-16H,6-14H2,1-5H3,(H,20,21);1H. The van der Waals surface area contributed by atoms with Gasteiger partial charge in [0.15, 0.2) is 5.96 Å². The van der Waals surface area contributed by atoms with E-state index in [1.807, 2.05) is 11.9 Å². The Kier molecular flexibility index (Phi) is 10.3. The van der Waals surface area contributed by atoms with E-state index in [0.717, 1.165) is 51.5 Å². The third kappa shape index (κ3) is 7.05. The van der Waals surface area contributed by atoms with Gasteiger partial charge in [0.25, 0.3) is 0 Å². The molecule has 1 N–H and O–H groups in total. The predicted molar refractivity (Wildman–Crippen MR) is 119 cm³/mol. The van der Waals surface area contributed by atoms with Crippen molar-refractivity contribution in [3.8, 4) is 0 Å². The predicted octanol–water partition coefficient (Wildman–Crippen LogP) is 1.81. The fraction of sp³-hybridized carbons (Fsp3) is 0.895. The number of rotatable bonds is 4. The van der Waals surface area contributed by atoms with Gasteiger partial charge >= 0.3 is 0 Å². The van der Waals surface area contributed by atoms with Crippen LogP contribution in [-0.2, 0) is 14.3 Å². The summed E-state index contributed by atoms with van der Waals surface area (Å²) in [4.78, 5) is 21.3. The number of guanidine groups is 1. The first kappa shape index (κ1) is 24.4. The molecule has 8 heteroatoms. The Bertz CT molecular complexity index is 482. The topological polar surface area (TPSA) is 66.4 Å². The van der Waals surface area contributed by atoms with Crippen molar-refractivity contribution in [1.29, 1.82) is 0 Å². The maximum Gasteiger partial charge on any atom is 0.225 e. The molecule has 0 aliphatic carbocycles.